The lowest BCUT2D eigenvalue weighted by Gasteiger charge is -2.27. The van der Waals surface area contributed by atoms with Crippen LogP contribution in [0.5, 0.6) is 5.75 Å². The monoisotopic (exact) mass is 302 g/mol. The van der Waals surface area contributed by atoms with Gasteiger partial charge in [-0.25, -0.2) is 4.39 Å². The number of nitrogens with one attached hydrogen (secondary N) is 1. The summed E-state index contributed by atoms with van der Waals surface area (Å²) in [5.41, 5.74) is 0.672. The molecule has 1 aromatic rings. The van der Waals surface area contributed by atoms with Crippen LogP contribution < -0.4 is 10.1 Å². The van der Waals surface area contributed by atoms with Gasteiger partial charge in [-0.1, -0.05) is 15.9 Å². The van der Waals surface area contributed by atoms with Crippen molar-refractivity contribution in [2.75, 3.05) is 33.3 Å². The van der Waals surface area contributed by atoms with E-state index in [-0.39, 0.29) is 5.82 Å². The van der Waals surface area contributed by atoms with Gasteiger partial charge in [-0.3, -0.25) is 4.90 Å². The molecule has 0 saturated carbocycles. The van der Waals surface area contributed by atoms with Crippen molar-refractivity contribution in [2.45, 2.75) is 6.54 Å². The highest BCUT2D eigenvalue weighted by molar-refractivity contribution is 9.10. The van der Waals surface area contributed by atoms with E-state index >= 15 is 0 Å². The lowest BCUT2D eigenvalue weighted by atomic mass is 10.1. The van der Waals surface area contributed by atoms with Gasteiger partial charge in [-0.2, -0.15) is 0 Å². The summed E-state index contributed by atoms with van der Waals surface area (Å²) in [6.07, 6.45) is 0. The fourth-order valence-corrected chi connectivity index (χ4v) is 2.40. The Balaban J connectivity index is 2.18. The van der Waals surface area contributed by atoms with Gasteiger partial charge in [0, 0.05) is 42.8 Å². The fourth-order valence-electron chi connectivity index (χ4n) is 1.97. The Kier molecular flexibility index (Phi) is 4.36. The van der Waals surface area contributed by atoms with Crippen LogP contribution in [0, 0.1) is 5.82 Å². The molecule has 17 heavy (non-hydrogen) atoms. The summed E-state index contributed by atoms with van der Waals surface area (Å²) in [5.74, 6) is 0.0405. The SMILES string of the molecule is COc1ccc(Br)c(CN2CCNCC2)c1F. The molecule has 0 aliphatic carbocycles. The Morgan fingerprint density at radius 1 is 1.41 bits per heavy atom. The van der Waals surface area contributed by atoms with Crippen LogP contribution in [-0.2, 0) is 6.54 Å². The van der Waals surface area contributed by atoms with Gasteiger partial charge < -0.3 is 10.1 Å². The maximum Gasteiger partial charge on any atom is 0.170 e. The Bertz CT molecular complexity index is 394. The Hall–Kier alpha value is -0.650. The number of benzene rings is 1. The summed E-state index contributed by atoms with van der Waals surface area (Å²) in [7, 11) is 1.49. The lowest BCUT2D eigenvalue weighted by molar-refractivity contribution is 0.229. The van der Waals surface area contributed by atoms with E-state index in [1.54, 1.807) is 6.07 Å². The molecule has 1 aliphatic heterocycles. The third-order valence-electron chi connectivity index (χ3n) is 2.96. The summed E-state index contributed by atoms with van der Waals surface area (Å²) in [6, 6.07) is 3.47. The minimum absolute atomic E-state index is 0.264. The van der Waals surface area contributed by atoms with E-state index in [0.717, 1.165) is 30.7 Å². The summed E-state index contributed by atoms with van der Waals surface area (Å²) in [4.78, 5) is 2.24. The normalized spacial score (nSPS) is 17.1. The van der Waals surface area contributed by atoms with Crippen molar-refractivity contribution in [2.24, 2.45) is 0 Å². The molecule has 1 saturated heterocycles. The largest absolute Gasteiger partial charge is 0.494 e. The van der Waals surface area contributed by atoms with E-state index < -0.39 is 0 Å². The van der Waals surface area contributed by atoms with Gasteiger partial charge in [-0.05, 0) is 12.1 Å². The number of methoxy groups -OCH3 is 1. The molecule has 1 aromatic carbocycles. The molecule has 1 fully saturated rings. The molecule has 0 bridgehead atoms. The Morgan fingerprint density at radius 3 is 2.76 bits per heavy atom. The second-order valence-electron chi connectivity index (χ2n) is 4.07. The zero-order valence-electron chi connectivity index (χ0n) is 9.80. The van der Waals surface area contributed by atoms with Gasteiger partial charge >= 0.3 is 0 Å². The van der Waals surface area contributed by atoms with Crippen LogP contribution in [0.15, 0.2) is 16.6 Å². The van der Waals surface area contributed by atoms with E-state index in [1.165, 1.54) is 7.11 Å². The highest BCUT2D eigenvalue weighted by Gasteiger charge is 2.17. The third kappa shape index (κ3) is 2.97. The van der Waals surface area contributed by atoms with Gasteiger partial charge in [-0.15, -0.1) is 0 Å². The standard InChI is InChI=1S/C12H16BrFN2O/c1-17-11-3-2-10(13)9(12(11)14)8-16-6-4-15-5-7-16/h2-3,15H,4-8H2,1H3. The van der Waals surface area contributed by atoms with Crippen molar-refractivity contribution in [1.29, 1.82) is 0 Å². The first kappa shape index (κ1) is 12.8. The predicted octanol–water partition coefficient (Wildman–Crippen LogP) is 2.00. The number of rotatable bonds is 3. The first-order valence-electron chi connectivity index (χ1n) is 5.66. The molecular formula is C12H16BrFN2O. The number of nitrogens with zero attached hydrogens (tertiary/aromatic N) is 1. The van der Waals surface area contributed by atoms with Gasteiger partial charge in [0.15, 0.2) is 11.6 Å². The molecule has 0 atom stereocenters. The average molecular weight is 303 g/mol. The van der Waals surface area contributed by atoms with Crippen molar-refractivity contribution >= 4 is 15.9 Å². The minimum atomic E-state index is -0.264. The van der Waals surface area contributed by atoms with E-state index in [2.05, 4.69) is 26.1 Å². The zero-order chi connectivity index (χ0) is 12.3. The molecule has 0 radical (unpaired) electrons. The maximum absolute atomic E-state index is 14.1. The molecule has 0 unspecified atom stereocenters. The first-order chi connectivity index (χ1) is 8.22. The molecule has 5 heteroatoms. The summed E-state index contributed by atoms with van der Waals surface area (Å²) in [5, 5.41) is 3.28. The van der Waals surface area contributed by atoms with Crippen LogP contribution >= 0.6 is 15.9 Å². The van der Waals surface area contributed by atoms with Gasteiger partial charge in [0.2, 0.25) is 0 Å². The van der Waals surface area contributed by atoms with Crippen molar-refractivity contribution in [1.82, 2.24) is 10.2 Å². The molecular weight excluding hydrogens is 287 g/mol. The van der Waals surface area contributed by atoms with Crippen LogP contribution in [-0.4, -0.2) is 38.2 Å². The fraction of sp³-hybridized carbons (Fsp3) is 0.500. The highest BCUT2D eigenvalue weighted by atomic mass is 79.9. The van der Waals surface area contributed by atoms with E-state index in [4.69, 9.17) is 4.74 Å². The molecule has 0 aromatic heterocycles. The third-order valence-corrected chi connectivity index (χ3v) is 3.70. The maximum atomic E-state index is 14.1. The molecule has 0 amide bonds. The number of piperazine rings is 1. The van der Waals surface area contributed by atoms with Gasteiger partial charge in [0.25, 0.3) is 0 Å². The smallest absolute Gasteiger partial charge is 0.170 e. The number of hydrogen-bond acceptors (Lipinski definition) is 3. The molecule has 1 N–H and O–H groups in total. The summed E-state index contributed by atoms with van der Waals surface area (Å²) < 4.78 is 19.9. The average Bonchev–Trinajstić information content (AvgIpc) is 2.36. The van der Waals surface area contributed by atoms with Crippen LogP contribution in [0.3, 0.4) is 0 Å². The number of hydrogen-bond donors (Lipinski definition) is 1. The summed E-state index contributed by atoms with van der Waals surface area (Å²) >= 11 is 3.40. The van der Waals surface area contributed by atoms with Crippen molar-refractivity contribution in [3.8, 4) is 5.75 Å². The van der Waals surface area contributed by atoms with Gasteiger partial charge in [0.05, 0.1) is 7.11 Å². The molecule has 1 heterocycles. The second kappa shape index (κ2) is 5.80. The van der Waals surface area contributed by atoms with Crippen LogP contribution in [0.4, 0.5) is 4.39 Å². The summed E-state index contributed by atoms with van der Waals surface area (Å²) in [6.45, 7) is 4.43. The molecule has 2 rings (SSSR count). The molecule has 3 nitrogen and oxygen atoms in total. The Labute approximate surface area is 109 Å². The quantitative estimate of drug-likeness (QED) is 0.924. The number of ether oxygens (including phenoxy) is 1. The molecule has 1 aliphatic rings. The zero-order valence-corrected chi connectivity index (χ0v) is 11.4. The molecule has 94 valence electrons. The van der Waals surface area contributed by atoms with Crippen LogP contribution in [0.25, 0.3) is 0 Å². The predicted molar refractivity (Wildman–Crippen MR) is 68.8 cm³/mol. The molecule has 0 spiro atoms. The van der Waals surface area contributed by atoms with Crippen LogP contribution in [0.1, 0.15) is 5.56 Å². The highest BCUT2D eigenvalue weighted by Crippen LogP contribution is 2.28. The van der Waals surface area contributed by atoms with Crippen LogP contribution in [0.2, 0.25) is 0 Å². The van der Waals surface area contributed by atoms with Gasteiger partial charge in [0.1, 0.15) is 0 Å². The van der Waals surface area contributed by atoms with E-state index in [1.807, 2.05) is 6.07 Å². The lowest BCUT2D eigenvalue weighted by Crippen LogP contribution is -2.43. The van der Waals surface area contributed by atoms with E-state index in [9.17, 15) is 4.39 Å². The van der Waals surface area contributed by atoms with Crippen molar-refractivity contribution < 1.29 is 9.13 Å². The topological polar surface area (TPSA) is 24.5 Å². The Morgan fingerprint density at radius 2 is 2.12 bits per heavy atom. The minimum Gasteiger partial charge on any atom is -0.494 e. The van der Waals surface area contributed by atoms with E-state index in [0.29, 0.717) is 17.9 Å². The first-order valence-corrected chi connectivity index (χ1v) is 6.45. The van der Waals surface area contributed by atoms with Crippen molar-refractivity contribution in [3.05, 3.63) is 28.0 Å². The second-order valence-corrected chi connectivity index (χ2v) is 4.92. The number of halogens is 2. The van der Waals surface area contributed by atoms with Crippen molar-refractivity contribution in [3.63, 3.8) is 0 Å².